The van der Waals surface area contributed by atoms with E-state index in [1.165, 1.54) is 0 Å². The molecule has 2 aromatic carbocycles. The minimum Gasteiger partial charge on any atom is -0.494 e. The van der Waals surface area contributed by atoms with Gasteiger partial charge in [0.15, 0.2) is 0 Å². The largest absolute Gasteiger partial charge is 0.494 e. The van der Waals surface area contributed by atoms with Crippen LogP contribution < -0.4 is 10.1 Å². The summed E-state index contributed by atoms with van der Waals surface area (Å²) in [6, 6.07) is 14.7. The molecule has 1 aromatic heterocycles. The fourth-order valence-corrected chi connectivity index (χ4v) is 2.42. The van der Waals surface area contributed by atoms with Crippen LogP contribution in [0.15, 0.2) is 48.5 Å². The Hall–Kier alpha value is -2.82. The summed E-state index contributed by atoms with van der Waals surface area (Å²) in [7, 11) is 0. The Bertz CT molecular complexity index is 793. The van der Waals surface area contributed by atoms with Gasteiger partial charge in [-0.1, -0.05) is 18.2 Å². The molecule has 3 aromatic rings. The van der Waals surface area contributed by atoms with Crippen molar-refractivity contribution in [1.29, 1.82) is 0 Å². The van der Waals surface area contributed by atoms with E-state index in [0.717, 1.165) is 16.9 Å². The number of aromatic amines is 1. The van der Waals surface area contributed by atoms with Gasteiger partial charge in [0.05, 0.1) is 23.7 Å². The zero-order chi connectivity index (χ0) is 16.2. The van der Waals surface area contributed by atoms with Gasteiger partial charge in [0, 0.05) is 5.56 Å². The highest BCUT2D eigenvalue weighted by atomic mass is 16.5. The van der Waals surface area contributed by atoms with Crippen LogP contribution in [-0.2, 0) is 0 Å². The lowest BCUT2D eigenvalue weighted by Crippen LogP contribution is -2.27. The lowest BCUT2D eigenvalue weighted by molar-refractivity contribution is 0.0938. The van der Waals surface area contributed by atoms with Gasteiger partial charge >= 0.3 is 0 Å². The summed E-state index contributed by atoms with van der Waals surface area (Å²) in [5, 5.41) is 2.95. The van der Waals surface area contributed by atoms with E-state index in [4.69, 9.17) is 4.74 Å². The molecule has 0 saturated carbocycles. The number of rotatable bonds is 5. The topological polar surface area (TPSA) is 67.0 Å². The van der Waals surface area contributed by atoms with E-state index in [-0.39, 0.29) is 11.9 Å². The molecule has 5 heteroatoms. The highest BCUT2D eigenvalue weighted by molar-refractivity contribution is 5.94. The minimum absolute atomic E-state index is 0.153. The Labute approximate surface area is 134 Å². The second-order valence-corrected chi connectivity index (χ2v) is 5.30. The molecule has 0 bridgehead atoms. The van der Waals surface area contributed by atoms with Crippen LogP contribution in [0.2, 0.25) is 0 Å². The maximum absolute atomic E-state index is 12.4. The van der Waals surface area contributed by atoms with Crippen molar-refractivity contribution < 1.29 is 9.53 Å². The molecule has 3 rings (SSSR count). The molecule has 0 spiro atoms. The van der Waals surface area contributed by atoms with Gasteiger partial charge in [-0.3, -0.25) is 4.79 Å². The third-order valence-corrected chi connectivity index (χ3v) is 3.57. The average molecular weight is 309 g/mol. The van der Waals surface area contributed by atoms with Gasteiger partial charge in [-0.15, -0.1) is 0 Å². The van der Waals surface area contributed by atoms with Crippen molar-refractivity contribution in [2.75, 3.05) is 6.61 Å². The van der Waals surface area contributed by atoms with E-state index >= 15 is 0 Å². The lowest BCUT2D eigenvalue weighted by Gasteiger charge is -2.12. The first-order chi connectivity index (χ1) is 11.2. The predicted molar refractivity (Wildman–Crippen MR) is 89.6 cm³/mol. The van der Waals surface area contributed by atoms with Crippen LogP contribution in [0.25, 0.3) is 11.0 Å². The molecule has 0 radical (unpaired) electrons. The summed E-state index contributed by atoms with van der Waals surface area (Å²) in [4.78, 5) is 20.1. The number of amides is 1. The number of H-pyrrole nitrogens is 1. The average Bonchev–Trinajstić information content (AvgIpc) is 2.99. The van der Waals surface area contributed by atoms with Crippen LogP contribution in [0.1, 0.15) is 36.1 Å². The van der Waals surface area contributed by atoms with E-state index < -0.39 is 0 Å². The highest BCUT2D eigenvalue weighted by Gasteiger charge is 2.15. The molecule has 2 N–H and O–H groups in total. The molecule has 1 heterocycles. The summed E-state index contributed by atoms with van der Waals surface area (Å²) in [6.07, 6.45) is 0. The number of para-hydroxylation sites is 2. The highest BCUT2D eigenvalue weighted by Crippen LogP contribution is 2.17. The third-order valence-electron chi connectivity index (χ3n) is 3.57. The number of benzene rings is 2. The monoisotopic (exact) mass is 309 g/mol. The first kappa shape index (κ1) is 15.1. The van der Waals surface area contributed by atoms with Gasteiger partial charge in [0.1, 0.15) is 11.6 Å². The number of carbonyl (C=O) groups is 1. The predicted octanol–water partition coefficient (Wildman–Crippen LogP) is 3.45. The summed E-state index contributed by atoms with van der Waals surface area (Å²) < 4.78 is 5.43. The number of imidazole rings is 1. The maximum Gasteiger partial charge on any atom is 0.251 e. The number of nitrogens with zero attached hydrogens (tertiary/aromatic N) is 1. The molecule has 23 heavy (non-hydrogen) atoms. The molecule has 1 amide bonds. The quantitative estimate of drug-likeness (QED) is 0.758. The summed E-state index contributed by atoms with van der Waals surface area (Å²) in [5.74, 6) is 1.27. The van der Waals surface area contributed by atoms with Gasteiger partial charge in [-0.25, -0.2) is 4.98 Å². The van der Waals surface area contributed by atoms with E-state index in [1.807, 2.05) is 50.2 Å². The number of hydrogen-bond acceptors (Lipinski definition) is 3. The van der Waals surface area contributed by atoms with Crippen LogP contribution in [0.3, 0.4) is 0 Å². The molecule has 118 valence electrons. The van der Waals surface area contributed by atoms with Crippen molar-refractivity contribution in [3.8, 4) is 5.75 Å². The molecule has 0 saturated heterocycles. The SMILES string of the molecule is CCOc1cccc(C(=O)NC(C)c2nc3ccccc3[nH]2)c1. The molecule has 0 fully saturated rings. The Morgan fingerprint density at radius 1 is 1.26 bits per heavy atom. The second-order valence-electron chi connectivity index (χ2n) is 5.30. The standard InChI is InChI=1S/C18H19N3O2/c1-3-23-14-8-6-7-13(11-14)18(22)19-12(2)17-20-15-9-4-5-10-16(15)21-17/h4-12H,3H2,1-2H3,(H,19,22)(H,20,21). The van der Waals surface area contributed by atoms with Crippen LogP contribution >= 0.6 is 0 Å². The van der Waals surface area contributed by atoms with Crippen molar-refractivity contribution in [2.24, 2.45) is 0 Å². The van der Waals surface area contributed by atoms with Crippen molar-refractivity contribution >= 4 is 16.9 Å². The van der Waals surface area contributed by atoms with Gasteiger partial charge in [0.25, 0.3) is 5.91 Å². The molecule has 0 aliphatic heterocycles. The second kappa shape index (κ2) is 6.52. The van der Waals surface area contributed by atoms with E-state index in [1.54, 1.807) is 12.1 Å². The van der Waals surface area contributed by atoms with Crippen LogP contribution in [0.4, 0.5) is 0 Å². The fraction of sp³-hybridized carbons (Fsp3) is 0.222. The molecule has 5 nitrogen and oxygen atoms in total. The number of nitrogens with one attached hydrogen (secondary N) is 2. The fourth-order valence-electron chi connectivity index (χ4n) is 2.42. The normalized spacial score (nSPS) is 12.1. The summed E-state index contributed by atoms with van der Waals surface area (Å²) in [6.45, 7) is 4.39. The number of carbonyl (C=O) groups excluding carboxylic acids is 1. The van der Waals surface area contributed by atoms with Gasteiger partial charge in [-0.05, 0) is 44.2 Å². The Balaban J connectivity index is 1.75. The zero-order valence-electron chi connectivity index (χ0n) is 13.2. The van der Waals surface area contributed by atoms with E-state index in [2.05, 4.69) is 15.3 Å². The maximum atomic E-state index is 12.4. The van der Waals surface area contributed by atoms with Crippen LogP contribution in [0.5, 0.6) is 5.75 Å². The van der Waals surface area contributed by atoms with Gasteiger partial charge in [-0.2, -0.15) is 0 Å². The van der Waals surface area contributed by atoms with Crippen molar-refractivity contribution in [3.05, 3.63) is 59.9 Å². The molecule has 0 aliphatic rings. The van der Waals surface area contributed by atoms with Crippen molar-refractivity contribution in [3.63, 3.8) is 0 Å². The first-order valence-electron chi connectivity index (χ1n) is 7.65. The summed E-state index contributed by atoms with van der Waals surface area (Å²) in [5.41, 5.74) is 2.42. The van der Waals surface area contributed by atoms with Gasteiger partial charge in [0.2, 0.25) is 0 Å². The van der Waals surface area contributed by atoms with Gasteiger partial charge < -0.3 is 15.0 Å². The number of fused-ring (bicyclic) bond motifs is 1. The lowest BCUT2D eigenvalue weighted by atomic mass is 10.2. The van der Waals surface area contributed by atoms with Crippen LogP contribution in [0, 0.1) is 0 Å². The number of ether oxygens (including phenoxy) is 1. The molecular formula is C18H19N3O2. The summed E-state index contributed by atoms with van der Waals surface area (Å²) >= 11 is 0. The van der Waals surface area contributed by atoms with Crippen LogP contribution in [-0.4, -0.2) is 22.5 Å². The molecule has 1 atom stereocenters. The third kappa shape index (κ3) is 3.34. The molecular weight excluding hydrogens is 290 g/mol. The minimum atomic E-state index is -0.217. The van der Waals surface area contributed by atoms with Crippen molar-refractivity contribution in [2.45, 2.75) is 19.9 Å². The molecule has 0 aliphatic carbocycles. The van der Waals surface area contributed by atoms with E-state index in [0.29, 0.717) is 17.9 Å². The Kier molecular flexibility index (Phi) is 4.28. The Morgan fingerprint density at radius 3 is 2.87 bits per heavy atom. The smallest absolute Gasteiger partial charge is 0.251 e. The van der Waals surface area contributed by atoms with Crippen molar-refractivity contribution in [1.82, 2.24) is 15.3 Å². The molecule has 1 unspecified atom stereocenters. The van der Waals surface area contributed by atoms with E-state index in [9.17, 15) is 4.79 Å². The Morgan fingerprint density at radius 2 is 2.09 bits per heavy atom. The first-order valence-corrected chi connectivity index (χ1v) is 7.65. The number of aromatic nitrogens is 2. The number of hydrogen-bond donors (Lipinski definition) is 2. The zero-order valence-corrected chi connectivity index (χ0v) is 13.2.